The summed E-state index contributed by atoms with van der Waals surface area (Å²) in [6.07, 6.45) is 5.62. The van der Waals surface area contributed by atoms with Gasteiger partial charge in [-0.25, -0.2) is 8.42 Å². The van der Waals surface area contributed by atoms with E-state index in [-0.39, 0.29) is 57.5 Å². The Kier molecular flexibility index (Phi) is 14.9. The molecule has 0 bridgehead atoms. The number of aliphatic hydroxyl groups is 1. The van der Waals surface area contributed by atoms with Crippen molar-refractivity contribution in [2.75, 3.05) is 0 Å². The van der Waals surface area contributed by atoms with Gasteiger partial charge < -0.3 is 9.66 Å². The molecular formula is C12H25KO4S. The number of hydrogen-bond acceptors (Lipinski definition) is 4. The molecule has 0 amide bonds. The van der Waals surface area contributed by atoms with E-state index in [1.165, 1.54) is 0 Å². The summed E-state index contributed by atoms with van der Waals surface area (Å²) in [6.45, 7) is 3.80. The number of unbranched alkanes of at least 4 members (excludes halogenated alkanes) is 2. The van der Waals surface area contributed by atoms with Crippen LogP contribution in [-0.4, -0.2) is 29.4 Å². The Hall–Kier alpha value is 1.51. The van der Waals surface area contributed by atoms with Crippen molar-refractivity contribution in [2.24, 2.45) is 0 Å². The van der Waals surface area contributed by atoms with Crippen LogP contribution in [0.4, 0.5) is 0 Å². The summed E-state index contributed by atoms with van der Waals surface area (Å²) in [5, 5.41) is 8.83. The fourth-order valence-corrected chi connectivity index (χ4v) is 2.75. The van der Waals surface area contributed by atoms with Gasteiger partial charge in [0.25, 0.3) is 0 Å². The summed E-state index contributed by atoms with van der Waals surface area (Å²) in [6, 6.07) is 0. The number of aliphatic hydroxyl groups excluding tert-OH is 1. The molecule has 18 heavy (non-hydrogen) atoms. The zero-order valence-electron chi connectivity index (χ0n) is 11.9. The number of rotatable bonds is 10. The molecule has 0 saturated heterocycles. The summed E-state index contributed by atoms with van der Waals surface area (Å²) in [7, 11) is -4.14. The maximum atomic E-state index is 10.8. The van der Waals surface area contributed by atoms with Crippen molar-refractivity contribution >= 4 is 10.1 Å². The second kappa shape index (κ2) is 12.3. The quantitative estimate of drug-likeness (QED) is 0.333. The minimum atomic E-state index is -4.14. The van der Waals surface area contributed by atoms with Crippen molar-refractivity contribution in [1.29, 1.82) is 0 Å². The summed E-state index contributed by atoms with van der Waals surface area (Å²) in [5.41, 5.74) is 0. The van der Waals surface area contributed by atoms with Gasteiger partial charge in [-0.2, -0.15) is 0 Å². The summed E-state index contributed by atoms with van der Waals surface area (Å²) < 4.78 is 32.5. The molecule has 0 saturated carbocycles. The van der Waals surface area contributed by atoms with Crippen LogP contribution in [0.5, 0.6) is 0 Å². The van der Waals surface area contributed by atoms with Crippen LogP contribution in [0, 0.1) is 0 Å². The Morgan fingerprint density at radius 2 is 1.56 bits per heavy atom. The Balaban J connectivity index is 0. The maximum Gasteiger partial charge on any atom is 1.00 e. The van der Waals surface area contributed by atoms with E-state index in [9.17, 15) is 18.1 Å². The van der Waals surface area contributed by atoms with Gasteiger partial charge >= 0.3 is 51.4 Å². The zero-order chi connectivity index (χ0) is 13.3. The molecule has 0 aliphatic heterocycles. The van der Waals surface area contributed by atoms with E-state index in [1.807, 2.05) is 0 Å². The molecule has 0 rings (SSSR count). The van der Waals surface area contributed by atoms with Crippen LogP contribution in [0.15, 0.2) is 0 Å². The van der Waals surface area contributed by atoms with Crippen molar-refractivity contribution in [3.05, 3.63) is 0 Å². The van der Waals surface area contributed by atoms with E-state index in [2.05, 4.69) is 6.92 Å². The molecule has 1 N–H and O–H groups in total. The van der Waals surface area contributed by atoms with E-state index in [0.29, 0.717) is 25.7 Å². The van der Waals surface area contributed by atoms with Crippen molar-refractivity contribution in [1.82, 2.24) is 0 Å². The van der Waals surface area contributed by atoms with E-state index >= 15 is 0 Å². The summed E-state index contributed by atoms with van der Waals surface area (Å²) >= 11 is 0. The van der Waals surface area contributed by atoms with E-state index in [1.54, 1.807) is 6.92 Å². The standard InChI is InChI=1S/C12H26O4S.K/c1-3-5-8-11(13)9-6-7-10-12(4-2)17(14,15)16;/h11-13H,3-10H2,1-2H3,(H,14,15,16);/q;+1/p-1. The maximum absolute atomic E-state index is 10.8. The molecule has 0 aromatic heterocycles. The molecule has 0 heterocycles. The van der Waals surface area contributed by atoms with Gasteiger partial charge in [0.1, 0.15) is 0 Å². The first-order chi connectivity index (χ1) is 7.91. The molecule has 0 fully saturated rings. The smallest absolute Gasteiger partial charge is 0.748 e. The zero-order valence-corrected chi connectivity index (χ0v) is 15.8. The minimum Gasteiger partial charge on any atom is -0.748 e. The monoisotopic (exact) mass is 304 g/mol. The Morgan fingerprint density at radius 1 is 1.06 bits per heavy atom. The fourth-order valence-electron chi connectivity index (χ4n) is 1.89. The SMILES string of the molecule is CCCCC(O)CCCCC(CC)S(=O)(=O)[O-].[K+]. The van der Waals surface area contributed by atoms with Crippen LogP contribution in [-0.2, 0) is 10.1 Å². The van der Waals surface area contributed by atoms with Gasteiger partial charge in [0, 0.05) is 5.25 Å². The number of hydrogen-bond donors (Lipinski definition) is 1. The van der Waals surface area contributed by atoms with Crippen molar-refractivity contribution in [3.63, 3.8) is 0 Å². The van der Waals surface area contributed by atoms with Crippen LogP contribution in [0.2, 0.25) is 0 Å². The van der Waals surface area contributed by atoms with Crippen molar-refractivity contribution in [3.8, 4) is 0 Å². The molecule has 104 valence electrons. The van der Waals surface area contributed by atoms with Gasteiger partial charge in [-0.05, 0) is 25.7 Å². The third-order valence-corrected chi connectivity index (χ3v) is 4.45. The van der Waals surface area contributed by atoms with E-state index in [4.69, 9.17) is 0 Å². The van der Waals surface area contributed by atoms with Crippen LogP contribution >= 0.6 is 0 Å². The molecular weight excluding hydrogens is 279 g/mol. The normalized spacial score (nSPS) is 14.9. The summed E-state index contributed by atoms with van der Waals surface area (Å²) in [5.74, 6) is 0. The predicted molar refractivity (Wildman–Crippen MR) is 67.8 cm³/mol. The Morgan fingerprint density at radius 3 is 2.00 bits per heavy atom. The first-order valence-electron chi connectivity index (χ1n) is 6.54. The third-order valence-electron chi connectivity index (χ3n) is 3.07. The van der Waals surface area contributed by atoms with Crippen molar-refractivity contribution in [2.45, 2.75) is 76.6 Å². The van der Waals surface area contributed by atoms with Crippen molar-refractivity contribution < 1.29 is 69.5 Å². The fraction of sp³-hybridized carbons (Fsp3) is 1.00. The second-order valence-electron chi connectivity index (χ2n) is 4.60. The molecule has 2 unspecified atom stereocenters. The van der Waals surface area contributed by atoms with Gasteiger partial charge in [0.15, 0.2) is 0 Å². The average Bonchev–Trinajstić information content (AvgIpc) is 2.24. The van der Waals surface area contributed by atoms with Gasteiger partial charge in [-0.15, -0.1) is 0 Å². The molecule has 0 spiro atoms. The molecule has 0 aromatic rings. The molecule has 0 aliphatic carbocycles. The third kappa shape index (κ3) is 11.3. The molecule has 0 aromatic carbocycles. The Labute approximate surface area is 154 Å². The molecule has 6 heteroatoms. The van der Waals surface area contributed by atoms with Crippen LogP contribution in [0.3, 0.4) is 0 Å². The van der Waals surface area contributed by atoms with Crippen LogP contribution in [0.1, 0.15) is 65.2 Å². The summed E-state index contributed by atoms with van der Waals surface area (Å²) in [4.78, 5) is 0. The topological polar surface area (TPSA) is 77.4 Å². The van der Waals surface area contributed by atoms with Crippen LogP contribution in [0.25, 0.3) is 0 Å². The predicted octanol–water partition coefficient (Wildman–Crippen LogP) is -0.574. The average molecular weight is 304 g/mol. The molecule has 2 atom stereocenters. The molecule has 0 aliphatic rings. The van der Waals surface area contributed by atoms with E-state index in [0.717, 1.165) is 25.7 Å². The van der Waals surface area contributed by atoms with Gasteiger partial charge in [0.05, 0.1) is 16.2 Å². The van der Waals surface area contributed by atoms with Gasteiger partial charge in [0.2, 0.25) is 0 Å². The Bertz CT molecular complexity index is 280. The first kappa shape index (κ1) is 21.8. The van der Waals surface area contributed by atoms with Gasteiger partial charge in [-0.1, -0.05) is 39.5 Å². The van der Waals surface area contributed by atoms with Crippen LogP contribution < -0.4 is 51.4 Å². The second-order valence-corrected chi connectivity index (χ2v) is 6.26. The van der Waals surface area contributed by atoms with Gasteiger partial charge in [-0.3, -0.25) is 0 Å². The van der Waals surface area contributed by atoms with E-state index < -0.39 is 15.4 Å². The molecule has 0 radical (unpaired) electrons. The molecule has 4 nitrogen and oxygen atoms in total. The largest absolute Gasteiger partial charge is 1.00 e. The minimum absolute atomic E-state index is 0. The first-order valence-corrected chi connectivity index (χ1v) is 8.01.